The van der Waals surface area contributed by atoms with E-state index in [1.165, 1.54) is 0 Å². The first-order valence-electron chi connectivity index (χ1n) is 10.6. The van der Waals surface area contributed by atoms with Gasteiger partial charge in [0.2, 0.25) is 0 Å². The number of aryl methyl sites for hydroxylation is 1. The molecule has 0 unspecified atom stereocenters. The number of aromatic nitrogens is 1. The number of nitrogens with zero attached hydrogens (tertiary/aromatic N) is 2. The zero-order chi connectivity index (χ0) is 23.2. The molecule has 166 valence electrons. The second kappa shape index (κ2) is 10.2. The Balaban J connectivity index is 1.42. The van der Waals surface area contributed by atoms with Crippen LogP contribution in [0.3, 0.4) is 0 Å². The summed E-state index contributed by atoms with van der Waals surface area (Å²) < 4.78 is 8.03. The summed E-state index contributed by atoms with van der Waals surface area (Å²) in [7, 11) is 0. The summed E-state index contributed by atoms with van der Waals surface area (Å²) in [6.07, 6.45) is 1.67. The average molecular weight is 458 g/mol. The molecular formula is C27H24ClN3O2. The lowest BCUT2D eigenvalue weighted by Crippen LogP contribution is -2.17. The van der Waals surface area contributed by atoms with E-state index < -0.39 is 0 Å². The van der Waals surface area contributed by atoms with Crippen molar-refractivity contribution in [3.8, 4) is 11.4 Å². The molecule has 4 rings (SSSR count). The van der Waals surface area contributed by atoms with Crippen LogP contribution in [0.4, 0.5) is 0 Å². The van der Waals surface area contributed by atoms with Crippen molar-refractivity contribution in [3.63, 3.8) is 0 Å². The first-order chi connectivity index (χ1) is 16.0. The molecule has 1 N–H and O–H groups in total. The molecule has 5 nitrogen and oxygen atoms in total. The molecule has 0 aliphatic carbocycles. The molecule has 0 atom stereocenters. The van der Waals surface area contributed by atoms with E-state index in [2.05, 4.69) is 15.1 Å². The lowest BCUT2D eigenvalue weighted by molar-refractivity contribution is 0.0955. The van der Waals surface area contributed by atoms with E-state index in [0.29, 0.717) is 17.2 Å². The van der Waals surface area contributed by atoms with E-state index >= 15 is 0 Å². The van der Waals surface area contributed by atoms with E-state index in [9.17, 15) is 4.79 Å². The van der Waals surface area contributed by atoms with E-state index in [-0.39, 0.29) is 5.91 Å². The average Bonchev–Trinajstić information content (AvgIpc) is 3.12. The fourth-order valence-electron chi connectivity index (χ4n) is 3.57. The van der Waals surface area contributed by atoms with Gasteiger partial charge < -0.3 is 9.30 Å². The Morgan fingerprint density at radius 3 is 2.39 bits per heavy atom. The van der Waals surface area contributed by atoms with Gasteiger partial charge in [-0.2, -0.15) is 5.10 Å². The first kappa shape index (κ1) is 22.4. The number of carbonyl (C=O) groups is 1. The normalized spacial score (nSPS) is 11.0. The van der Waals surface area contributed by atoms with E-state index in [1.807, 2.05) is 86.6 Å². The van der Waals surface area contributed by atoms with Gasteiger partial charge in [0.1, 0.15) is 12.4 Å². The zero-order valence-electron chi connectivity index (χ0n) is 18.5. The highest BCUT2D eigenvalue weighted by atomic mass is 35.5. The van der Waals surface area contributed by atoms with Crippen LogP contribution in [0.1, 0.15) is 32.9 Å². The minimum absolute atomic E-state index is 0.241. The van der Waals surface area contributed by atoms with Gasteiger partial charge in [0.25, 0.3) is 5.91 Å². The highest BCUT2D eigenvalue weighted by molar-refractivity contribution is 6.30. The van der Waals surface area contributed by atoms with Gasteiger partial charge in [-0.25, -0.2) is 5.43 Å². The molecule has 0 spiro atoms. The number of amides is 1. The van der Waals surface area contributed by atoms with Gasteiger partial charge in [0, 0.05) is 33.2 Å². The lowest BCUT2D eigenvalue weighted by Gasteiger charge is -2.11. The lowest BCUT2D eigenvalue weighted by atomic mass is 10.2. The van der Waals surface area contributed by atoms with Gasteiger partial charge >= 0.3 is 0 Å². The van der Waals surface area contributed by atoms with Crippen molar-refractivity contribution in [2.45, 2.75) is 20.5 Å². The Morgan fingerprint density at radius 1 is 1.00 bits per heavy atom. The summed E-state index contributed by atoms with van der Waals surface area (Å²) in [5.74, 6) is 0.552. The first-order valence-corrected chi connectivity index (χ1v) is 10.9. The van der Waals surface area contributed by atoms with Gasteiger partial charge in [-0.1, -0.05) is 41.9 Å². The number of nitrogens with one attached hydrogen (secondary N) is 1. The fraction of sp³-hybridized carbons (Fsp3) is 0.111. The Kier molecular flexibility index (Phi) is 6.91. The minimum Gasteiger partial charge on any atom is -0.489 e. The third-order valence-electron chi connectivity index (χ3n) is 5.29. The number of hydrazone groups is 1. The molecule has 6 heteroatoms. The smallest absolute Gasteiger partial charge is 0.271 e. The third kappa shape index (κ3) is 5.51. The number of benzene rings is 3. The summed E-state index contributed by atoms with van der Waals surface area (Å²) in [6.45, 7) is 4.55. The van der Waals surface area contributed by atoms with Crippen LogP contribution in [0.25, 0.3) is 5.69 Å². The topological polar surface area (TPSA) is 55.6 Å². The van der Waals surface area contributed by atoms with E-state index in [4.69, 9.17) is 16.3 Å². The second-order valence-electron chi connectivity index (χ2n) is 7.64. The van der Waals surface area contributed by atoms with Crippen molar-refractivity contribution in [1.82, 2.24) is 9.99 Å². The molecule has 33 heavy (non-hydrogen) atoms. The fourth-order valence-corrected chi connectivity index (χ4v) is 3.69. The predicted octanol–water partition coefficient (Wildman–Crippen LogP) is 6.09. The number of carbonyl (C=O) groups excluding carboxylic acids is 1. The quantitative estimate of drug-likeness (QED) is 0.269. The molecule has 3 aromatic carbocycles. The molecule has 0 bridgehead atoms. The molecule has 1 heterocycles. The number of ether oxygens (including phenoxy) is 1. The highest BCUT2D eigenvalue weighted by Gasteiger charge is 2.10. The van der Waals surface area contributed by atoms with Gasteiger partial charge in [0.15, 0.2) is 0 Å². The largest absolute Gasteiger partial charge is 0.489 e. The van der Waals surface area contributed by atoms with Gasteiger partial charge in [-0.05, 0) is 74.0 Å². The van der Waals surface area contributed by atoms with E-state index in [0.717, 1.165) is 34.0 Å². The summed E-state index contributed by atoms with van der Waals surface area (Å²) >= 11 is 5.93. The maximum absolute atomic E-state index is 12.2. The van der Waals surface area contributed by atoms with Crippen LogP contribution in [0, 0.1) is 13.8 Å². The van der Waals surface area contributed by atoms with Crippen molar-refractivity contribution in [1.29, 1.82) is 0 Å². The summed E-state index contributed by atoms with van der Waals surface area (Å²) in [4.78, 5) is 12.2. The van der Waals surface area contributed by atoms with Crippen LogP contribution in [0.5, 0.6) is 5.75 Å². The molecule has 0 saturated heterocycles. The Morgan fingerprint density at radius 2 is 1.70 bits per heavy atom. The van der Waals surface area contributed by atoms with Crippen molar-refractivity contribution in [2.24, 2.45) is 5.10 Å². The molecule has 0 saturated carbocycles. The molecule has 0 fully saturated rings. The Bertz CT molecular complexity index is 1260. The summed E-state index contributed by atoms with van der Waals surface area (Å²) in [5.41, 5.74) is 8.26. The molecule has 4 aromatic rings. The summed E-state index contributed by atoms with van der Waals surface area (Å²) in [5, 5.41) is 4.85. The van der Waals surface area contributed by atoms with Crippen LogP contribution in [0.15, 0.2) is 90.0 Å². The Labute approximate surface area is 198 Å². The predicted molar refractivity (Wildman–Crippen MR) is 133 cm³/mol. The van der Waals surface area contributed by atoms with Crippen LogP contribution in [-0.4, -0.2) is 16.7 Å². The monoisotopic (exact) mass is 457 g/mol. The Hall–Kier alpha value is -3.83. The minimum atomic E-state index is -0.241. The van der Waals surface area contributed by atoms with Crippen LogP contribution >= 0.6 is 11.6 Å². The molecule has 0 aliphatic rings. The maximum atomic E-state index is 12.2. The molecule has 0 aliphatic heterocycles. The van der Waals surface area contributed by atoms with Crippen LogP contribution < -0.4 is 10.2 Å². The van der Waals surface area contributed by atoms with Gasteiger partial charge in [0.05, 0.1) is 6.21 Å². The van der Waals surface area contributed by atoms with Crippen molar-refractivity contribution < 1.29 is 9.53 Å². The van der Waals surface area contributed by atoms with Crippen LogP contribution in [0.2, 0.25) is 5.02 Å². The van der Waals surface area contributed by atoms with Gasteiger partial charge in [-0.3, -0.25) is 4.79 Å². The standard InChI is InChI=1S/C27H24ClN3O2/c1-19-16-23(17-29-30-27(32)22-6-4-3-5-7-22)20(2)31(19)25-12-14-26(15-13-25)33-18-21-8-10-24(28)11-9-21/h3-17H,18H2,1-2H3,(H,30,32)/b29-17+. The number of hydrogen-bond donors (Lipinski definition) is 1. The van der Waals surface area contributed by atoms with Crippen molar-refractivity contribution in [2.75, 3.05) is 0 Å². The van der Waals surface area contributed by atoms with Crippen molar-refractivity contribution in [3.05, 3.63) is 118 Å². The number of halogens is 1. The van der Waals surface area contributed by atoms with Crippen molar-refractivity contribution >= 4 is 23.7 Å². The van der Waals surface area contributed by atoms with Gasteiger partial charge in [-0.15, -0.1) is 0 Å². The molecule has 1 amide bonds. The SMILES string of the molecule is Cc1cc(/C=N/NC(=O)c2ccccc2)c(C)n1-c1ccc(OCc2ccc(Cl)cc2)cc1. The maximum Gasteiger partial charge on any atom is 0.271 e. The molecule has 0 radical (unpaired) electrons. The molecular weight excluding hydrogens is 434 g/mol. The second-order valence-corrected chi connectivity index (χ2v) is 8.07. The van der Waals surface area contributed by atoms with Crippen LogP contribution in [-0.2, 0) is 6.61 Å². The number of hydrogen-bond acceptors (Lipinski definition) is 3. The number of rotatable bonds is 7. The zero-order valence-corrected chi connectivity index (χ0v) is 19.2. The highest BCUT2D eigenvalue weighted by Crippen LogP contribution is 2.23. The third-order valence-corrected chi connectivity index (χ3v) is 5.54. The van der Waals surface area contributed by atoms with E-state index in [1.54, 1.807) is 18.3 Å². The molecule has 1 aromatic heterocycles. The summed E-state index contributed by atoms with van der Waals surface area (Å²) in [6, 6.07) is 26.6.